The number of hydrogen-bond donors (Lipinski definition) is 2. The molecule has 1 aliphatic carbocycles. The van der Waals surface area contributed by atoms with E-state index in [1.807, 2.05) is 19.1 Å². The molecule has 108 valence electrons. The molecule has 2 rings (SSSR count). The van der Waals surface area contributed by atoms with Crippen LogP contribution in [0.15, 0.2) is 18.2 Å². The molecule has 0 heterocycles. The molecule has 0 atom stereocenters. The largest absolute Gasteiger partial charge is 0.481 e. The second kappa shape index (κ2) is 6.13. The SMILES string of the molecule is Cc1cccc(Cl)c1NC(=O)N(CCC(=O)O)C1CC1. The van der Waals surface area contributed by atoms with Crippen LogP contribution in [0.25, 0.3) is 0 Å². The number of halogens is 1. The average molecular weight is 297 g/mol. The van der Waals surface area contributed by atoms with Crippen LogP contribution in [-0.2, 0) is 4.79 Å². The van der Waals surface area contributed by atoms with E-state index in [0.29, 0.717) is 10.7 Å². The third-order valence-electron chi connectivity index (χ3n) is 3.27. The van der Waals surface area contributed by atoms with E-state index in [0.717, 1.165) is 18.4 Å². The standard InChI is InChI=1S/C14H17ClN2O3/c1-9-3-2-4-11(15)13(9)16-14(20)17(10-5-6-10)8-7-12(18)19/h2-4,10H,5-8H2,1H3,(H,16,20)(H,18,19). The fourth-order valence-electron chi connectivity index (χ4n) is 2.02. The first-order chi connectivity index (χ1) is 9.49. The first-order valence-corrected chi connectivity index (χ1v) is 6.91. The summed E-state index contributed by atoms with van der Waals surface area (Å²) in [4.78, 5) is 24.5. The number of rotatable bonds is 5. The summed E-state index contributed by atoms with van der Waals surface area (Å²) in [5.41, 5.74) is 1.46. The summed E-state index contributed by atoms with van der Waals surface area (Å²) >= 11 is 6.07. The molecule has 20 heavy (non-hydrogen) atoms. The number of aliphatic carboxylic acids is 1. The molecule has 1 aromatic carbocycles. The summed E-state index contributed by atoms with van der Waals surface area (Å²) in [6.07, 6.45) is 1.80. The Morgan fingerprint density at radius 2 is 2.15 bits per heavy atom. The summed E-state index contributed by atoms with van der Waals surface area (Å²) in [6.45, 7) is 2.08. The van der Waals surface area contributed by atoms with Crippen LogP contribution in [0, 0.1) is 6.92 Å². The van der Waals surface area contributed by atoms with Gasteiger partial charge in [-0.3, -0.25) is 4.79 Å². The lowest BCUT2D eigenvalue weighted by Crippen LogP contribution is -2.38. The number of carbonyl (C=O) groups is 2. The Bertz CT molecular complexity index is 509. The van der Waals surface area contributed by atoms with Crippen LogP contribution in [0.2, 0.25) is 5.02 Å². The van der Waals surface area contributed by atoms with E-state index < -0.39 is 5.97 Å². The molecule has 1 fully saturated rings. The predicted octanol–water partition coefficient (Wildman–Crippen LogP) is 3.12. The molecule has 0 bridgehead atoms. The van der Waals surface area contributed by atoms with Crippen LogP contribution in [0.1, 0.15) is 24.8 Å². The van der Waals surface area contributed by atoms with Gasteiger partial charge in [0.05, 0.1) is 17.1 Å². The molecular formula is C14H17ClN2O3. The molecule has 6 heteroatoms. The first kappa shape index (κ1) is 14.7. The van der Waals surface area contributed by atoms with Gasteiger partial charge in [-0.05, 0) is 31.4 Å². The minimum absolute atomic E-state index is 0.0502. The maximum Gasteiger partial charge on any atom is 0.322 e. The van der Waals surface area contributed by atoms with Crippen LogP contribution >= 0.6 is 11.6 Å². The topological polar surface area (TPSA) is 69.6 Å². The van der Waals surface area contributed by atoms with Crippen molar-refractivity contribution in [1.29, 1.82) is 0 Å². The van der Waals surface area contributed by atoms with Gasteiger partial charge in [-0.15, -0.1) is 0 Å². The van der Waals surface area contributed by atoms with Crippen LogP contribution in [0.5, 0.6) is 0 Å². The van der Waals surface area contributed by atoms with Gasteiger partial charge in [0.1, 0.15) is 0 Å². The maximum atomic E-state index is 12.3. The number of nitrogens with one attached hydrogen (secondary N) is 1. The van der Waals surface area contributed by atoms with Crippen LogP contribution in [0.4, 0.5) is 10.5 Å². The zero-order valence-electron chi connectivity index (χ0n) is 11.2. The molecule has 0 aromatic heterocycles. The monoisotopic (exact) mass is 296 g/mol. The Labute approximate surface area is 122 Å². The molecule has 0 aliphatic heterocycles. The van der Waals surface area contributed by atoms with E-state index in [9.17, 15) is 9.59 Å². The van der Waals surface area contributed by atoms with E-state index in [2.05, 4.69) is 5.32 Å². The molecule has 5 nitrogen and oxygen atoms in total. The van der Waals surface area contributed by atoms with E-state index in [-0.39, 0.29) is 25.0 Å². The molecule has 1 aliphatic rings. The first-order valence-electron chi connectivity index (χ1n) is 6.53. The van der Waals surface area contributed by atoms with E-state index >= 15 is 0 Å². The summed E-state index contributed by atoms with van der Waals surface area (Å²) in [5.74, 6) is -0.905. The second-order valence-corrected chi connectivity index (χ2v) is 5.34. The van der Waals surface area contributed by atoms with Crippen LogP contribution in [-0.4, -0.2) is 34.6 Å². The molecule has 0 radical (unpaired) electrons. The average Bonchev–Trinajstić information content (AvgIpc) is 3.18. The van der Waals surface area contributed by atoms with Gasteiger partial charge in [0.25, 0.3) is 0 Å². The van der Waals surface area contributed by atoms with E-state index in [1.54, 1.807) is 11.0 Å². The van der Waals surface area contributed by atoms with Gasteiger partial charge < -0.3 is 15.3 Å². The molecule has 2 amide bonds. The van der Waals surface area contributed by atoms with Gasteiger partial charge in [0.15, 0.2) is 0 Å². The van der Waals surface area contributed by atoms with Gasteiger partial charge in [-0.1, -0.05) is 23.7 Å². The van der Waals surface area contributed by atoms with Gasteiger partial charge in [0.2, 0.25) is 0 Å². The minimum atomic E-state index is -0.905. The van der Waals surface area contributed by atoms with Crippen molar-refractivity contribution < 1.29 is 14.7 Å². The Hall–Kier alpha value is -1.75. The lowest BCUT2D eigenvalue weighted by Gasteiger charge is -2.23. The zero-order chi connectivity index (χ0) is 14.7. The number of carboxylic acids is 1. The van der Waals surface area contributed by atoms with Crippen molar-refractivity contribution in [2.75, 3.05) is 11.9 Å². The molecule has 2 N–H and O–H groups in total. The van der Waals surface area contributed by atoms with Crippen molar-refractivity contribution in [2.45, 2.75) is 32.2 Å². The number of aryl methyl sites for hydroxylation is 1. The van der Waals surface area contributed by atoms with Crippen molar-refractivity contribution in [3.63, 3.8) is 0 Å². The smallest absolute Gasteiger partial charge is 0.322 e. The number of hydrogen-bond acceptors (Lipinski definition) is 2. The van der Waals surface area contributed by atoms with Gasteiger partial charge in [-0.25, -0.2) is 4.79 Å². The lowest BCUT2D eigenvalue weighted by atomic mass is 10.2. The van der Waals surface area contributed by atoms with Crippen molar-refractivity contribution in [3.8, 4) is 0 Å². The highest BCUT2D eigenvalue weighted by molar-refractivity contribution is 6.33. The Balaban J connectivity index is 2.06. The van der Waals surface area contributed by atoms with Crippen LogP contribution < -0.4 is 5.32 Å². The third-order valence-corrected chi connectivity index (χ3v) is 3.58. The molecule has 0 unspecified atom stereocenters. The number of anilines is 1. The number of benzene rings is 1. The molecule has 1 aromatic rings. The summed E-state index contributed by atoms with van der Waals surface area (Å²) in [7, 11) is 0. The number of urea groups is 1. The number of amides is 2. The van der Waals surface area contributed by atoms with Gasteiger partial charge in [0, 0.05) is 12.6 Å². The number of para-hydroxylation sites is 1. The zero-order valence-corrected chi connectivity index (χ0v) is 12.0. The molecule has 0 spiro atoms. The lowest BCUT2D eigenvalue weighted by molar-refractivity contribution is -0.137. The van der Waals surface area contributed by atoms with E-state index in [1.165, 1.54) is 0 Å². The molecule has 1 saturated carbocycles. The number of nitrogens with zero attached hydrogens (tertiary/aromatic N) is 1. The maximum absolute atomic E-state index is 12.3. The Morgan fingerprint density at radius 3 is 2.70 bits per heavy atom. The highest BCUT2D eigenvalue weighted by Crippen LogP contribution is 2.30. The van der Waals surface area contributed by atoms with Gasteiger partial charge >= 0.3 is 12.0 Å². The second-order valence-electron chi connectivity index (χ2n) is 4.93. The van der Waals surface area contributed by atoms with Gasteiger partial charge in [-0.2, -0.15) is 0 Å². The fourth-order valence-corrected chi connectivity index (χ4v) is 2.29. The van der Waals surface area contributed by atoms with Crippen LogP contribution in [0.3, 0.4) is 0 Å². The minimum Gasteiger partial charge on any atom is -0.481 e. The highest BCUT2D eigenvalue weighted by atomic mass is 35.5. The summed E-state index contributed by atoms with van der Waals surface area (Å²) < 4.78 is 0. The molecular weight excluding hydrogens is 280 g/mol. The number of carboxylic acid groups (broad SMARTS) is 1. The van der Waals surface area contributed by atoms with Crippen molar-refractivity contribution >= 4 is 29.3 Å². The van der Waals surface area contributed by atoms with Crippen molar-refractivity contribution in [2.24, 2.45) is 0 Å². The fraction of sp³-hybridized carbons (Fsp3) is 0.429. The molecule has 0 saturated heterocycles. The third kappa shape index (κ3) is 3.63. The Morgan fingerprint density at radius 1 is 1.45 bits per heavy atom. The quantitative estimate of drug-likeness (QED) is 0.877. The Kier molecular flexibility index (Phi) is 4.49. The predicted molar refractivity (Wildman–Crippen MR) is 77.2 cm³/mol. The van der Waals surface area contributed by atoms with Crippen molar-refractivity contribution in [1.82, 2.24) is 4.90 Å². The van der Waals surface area contributed by atoms with Crippen molar-refractivity contribution in [3.05, 3.63) is 28.8 Å². The number of carbonyl (C=O) groups excluding carboxylic acids is 1. The normalized spacial score (nSPS) is 13.9. The summed E-state index contributed by atoms with van der Waals surface area (Å²) in [5, 5.41) is 12.0. The summed E-state index contributed by atoms with van der Waals surface area (Å²) in [6, 6.07) is 5.25. The van der Waals surface area contributed by atoms with E-state index in [4.69, 9.17) is 16.7 Å². The highest BCUT2D eigenvalue weighted by Gasteiger charge is 2.33.